The normalized spacial score (nSPS) is 12.0. The van der Waals surface area contributed by atoms with Crippen molar-refractivity contribution in [3.05, 3.63) is 66.1 Å². The van der Waals surface area contributed by atoms with Gasteiger partial charge < -0.3 is 19.8 Å². The minimum atomic E-state index is 0.102. The Morgan fingerprint density at radius 1 is 1.04 bits per heavy atom. The molecule has 0 radical (unpaired) electrons. The molecule has 0 spiro atoms. The average Bonchev–Trinajstić information content (AvgIpc) is 3.17. The Kier molecular flexibility index (Phi) is 5.36. The molecule has 5 nitrogen and oxygen atoms in total. The number of H-pyrrole nitrogens is 1. The molecule has 0 aliphatic rings. The van der Waals surface area contributed by atoms with Crippen LogP contribution in [-0.4, -0.2) is 24.2 Å². The van der Waals surface area contributed by atoms with E-state index in [4.69, 9.17) is 9.47 Å². The maximum absolute atomic E-state index is 5.35. The zero-order chi connectivity index (χ0) is 17.6. The number of nitrogens with zero attached hydrogens (tertiary/aromatic N) is 1. The van der Waals surface area contributed by atoms with Gasteiger partial charge in [-0.05, 0) is 30.2 Å². The van der Waals surface area contributed by atoms with Crippen LogP contribution < -0.4 is 14.8 Å². The molecule has 0 saturated heterocycles. The summed E-state index contributed by atoms with van der Waals surface area (Å²) in [6.45, 7) is 2.80. The van der Waals surface area contributed by atoms with E-state index in [0.717, 1.165) is 34.1 Å². The Bertz CT molecular complexity index is 815. The van der Waals surface area contributed by atoms with Gasteiger partial charge in [-0.2, -0.15) is 0 Å². The monoisotopic (exact) mass is 337 g/mol. The Morgan fingerprint density at radius 2 is 1.80 bits per heavy atom. The Morgan fingerprint density at radius 3 is 2.52 bits per heavy atom. The van der Waals surface area contributed by atoms with E-state index in [0.29, 0.717) is 6.54 Å². The first kappa shape index (κ1) is 17.0. The van der Waals surface area contributed by atoms with Crippen LogP contribution in [0, 0.1) is 0 Å². The van der Waals surface area contributed by atoms with Crippen molar-refractivity contribution < 1.29 is 9.47 Å². The van der Waals surface area contributed by atoms with Gasteiger partial charge in [0.25, 0.3) is 0 Å². The maximum Gasteiger partial charge on any atom is 0.161 e. The third kappa shape index (κ3) is 4.00. The number of nitrogens with one attached hydrogen (secondary N) is 2. The van der Waals surface area contributed by atoms with Crippen molar-refractivity contribution in [3.63, 3.8) is 0 Å². The van der Waals surface area contributed by atoms with Gasteiger partial charge in [0.1, 0.15) is 5.82 Å². The van der Waals surface area contributed by atoms with Crippen LogP contribution in [0.5, 0.6) is 11.5 Å². The summed E-state index contributed by atoms with van der Waals surface area (Å²) in [4.78, 5) is 7.89. The van der Waals surface area contributed by atoms with Gasteiger partial charge in [0, 0.05) is 6.54 Å². The van der Waals surface area contributed by atoms with Crippen molar-refractivity contribution in [2.75, 3.05) is 14.2 Å². The smallest absolute Gasteiger partial charge is 0.161 e. The lowest BCUT2D eigenvalue weighted by atomic mass is 10.2. The van der Waals surface area contributed by atoms with Crippen molar-refractivity contribution in [3.8, 4) is 22.8 Å². The summed E-state index contributed by atoms with van der Waals surface area (Å²) in [5, 5.41) is 3.48. The van der Waals surface area contributed by atoms with Crippen LogP contribution in [0.15, 0.2) is 54.7 Å². The minimum absolute atomic E-state index is 0.102. The van der Waals surface area contributed by atoms with Crippen LogP contribution in [0.4, 0.5) is 0 Å². The molecular weight excluding hydrogens is 314 g/mol. The number of rotatable bonds is 7. The highest BCUT2D eigenvalue weighted by molar-refractivity contribution is 5.58. The van der Waals surface area contributed by atoms with E-state index >= 15 is 0 Å². The van der Waals surface area contributed by atoms with E-state index in [2.05, 4.69) is 34.3 Å². The van der Waals surface area contributed by atoms with Crippen molar-refractivity contribution in [1.82, 2.24) is 15.3 Å². The zero-order valence-corrected chi connectivity index (χ0v) is 14.7. The van der Waals surface area contributed by atoms with E-state index in [9.17, 15) is 0 Å². The first-order chi connectivity index (χ1) is 12.2. The minimum Gasteiger partial charge on any atom is -0.493 e. The van der Waals surface area contributed by atoms with Crippen molar-refractivity contribution in [1.29, 1.82) is 0 Å². The van der Waals surface area contributed by atoms with Crippen molar-refractivity contribution in [2.45, 2.75) is 19.5 Å². The number of hydrogen-bond acceptors (Lipinski definition) is 4. The largest absolute Gasteiger partial charge is 0.493 e. The number of hydrogen-bond donors (Lipinski definition) is 2. The van der Waals surface area contributed by atoms with Gasteiger partial charge in [-0.1, -0.05) is 36.4 Å². The molecule has 5 heteroatoms. The van der Waals surface area contributed by atoms with Gasteiger partial charge in [-0.3, -0.25) is 0 Å². The van der Waals surface area contributed by atoms with E-state index in [1.54, 1.807) is 14.2 Å². The van der Waals surface area contributed by atoms with Gasteiger partial charge >= 0.3 is 0 Å². The van der Waals surface area contributed by atoms with E-state index in [-0.39, 0.29) is 6.04 Å². The predicted octanol–water partition coefficient (Wildman–Crippen LogP) is 3.94. The lowest BCUT2D eigenvalue weighted by Gasteiger charge is -2.13. The molecule has 0 fully saturated rings. The Hall–Kier alpha value is -2.79. The SMILES string of the molecule is COc1ccc(CN[C@@H](C)c2ncc(-c3ccccc3)[nH]2)cc1OC. The second kappa shape index (κ2) is 7.85. The summed E-state index contributed by atoms with van der Waals surface area (Å²) in [7, 11) is 3.28. The van der Waals surface area contributed by atoms with Gasteiger partial charge in [-0.15, -0.1) is 0 Å². The molecule has 1 atom stereocenters. The number of ether oxygens (including phenoxy) is 2. The quantitative estimate of drug-likeness (QED) is 0.685. The fourth-order valence-electron chi connectivity index (χ4n) is 2.68. The molecule has 0 aliphatic carbocycles. The first-order valence-electron chi connectivity index (χ1n) is 8.26. The molecule has 25 heavy (non-hydrogen) atoms. The second-order valence-electron chi connectivity index (χ2n) is 5.84. The summed E-state index contributed by atoms with van der Waals surface area (Å²) in [6, 6.07) is 16.2. The Labute approximate surface area is 148 Å². The van der Waals surface area contributed by atoms with Crippen LogP contribution in [0.25, 0.3) is 11.3 Å². The van der Waals surface area contributed by atoms with Crippen LogP contribution in [0.2, 0.25) is 0 Å². The highest BCUT2D eigenvalue weighted by atomic mass is 16.5. The fourth-order valence-corrected chi connectivity index (χ4v) is 2.68. The van der Waals surface area contributed by atoms with Crippen LogP contribution in [0.3, 0.4) is 0 Å². The molecular formula is C20H23N3O2. The third-order valence-electron chi connectivity index (χ3n) is 4.15. The topological polar surface area (TPSA) is 59.2 Å². The van der Waals surface area contributed by atoms with Crippen molar-refractivity contribution in [2.24, 2.45) is 0 Å². The van der Waals surface area contributed by atoms with Crippen molar-refractivity contribution >= 4 is 0 Å². The average molecular weight is 337 g/mol. The fraction of sp³-hybridized carbons (Fsp3) is 0.250. The molecule has 130 valence electrons. The lowest BCUT2D eigenvalue weighted by Crippen LogP contribution is -2.19. The number of aromatic amines is 1. The molecule has 0 bridgehead atoms. The van der Waals surface area contributed by atoms with Crippen LogP contribution >= 0.6 is 0 Å². The molecule has 0 saturated carbocycles. The molecule has 1 heterocycles. The third-order valence-corrected chi connectivity index (χ3v) is 4.15. The molecule has 0 unspecified atom stereocenters. The summed E-state index contributed by atoms with van der Waals surface area (Å²) in [5.41, 5.74) is 3.28. The second-order valence-corrected chi connectivity index (χ2v) is 5.84. The number of imidazole rings is 1. The highest BCUT2D eigenvalue weighted by Crippen LogP contribution is 2.27. The number of benzene rings is 2. The molecule has 3 aromatic rings. The molecule has 0 amide bonds. The summed E-state index contributed by atoms with van der Waals surface area (Å²) >= 11 is 0. The Balaban J connectivity index is 1.65. The zero-order valence-electron chi connectivity index (χ0n) is 14.7. The van der Waals surface area contributed by atoms with Crippen LogP contribution in [-0.2, 0) is 6.54 Å². The summed E-state index contributed by atoms with van der Waals surface area (Å²) in [6.07, 6.45) is 1.87. The lowest BCUT2D eigenvalue weighted by molar-refractivity contribution is 0.354. The van der Waals surface area contributed by atoms with Crippen LogP contribution in [0.1, 0.15) is 24.4 Å². The van der Waals surface area contributed by atoms with E-state index < -0.39 is 0 Å². The van der Waals surface area contributed by atoms with E-state index in [1.807, 2.05) is 42.6 Å². The van der Waals surface area contributed by atoms with Gasteiger partial charge in [-0.25, -0.2) is 4.98 Å². The number of methoxy groups -OCH3 is 2. The first-order valence-corrected chi connectivity index (χ1v) is 8.26. The maximum atomic E-state index is 5.35. The molecule has 0 aliphatic heterocycles. The van der Waals surface area contributed by atoms with Gasteiger partial charge in [0.15, 0.2) is 11.5 Å². The summed E-state index contributed by atoms with van der Waals surface area (Å²) in [5.74, 6) is 2.39. The van der Waals surface area contributed by atoms with Gasteiger partial charge in [0.05, 0.1) is 32.2 Å². The molecule has 2 aromatic carbocycles. The molecule has 2 N–H and O–H groups in total. The number of aromatic nitrogens is 2. The standard InChI is InChI=1S/C20H23N3O2/c1-14(20-22-13-17(23-20)16-7-5-4-6-8-16)21-12-15-9-10-18(24-2)19(11-15)25-3/h4-11,13-14,21H,12H2,1-3H3,(H,22,23)/t14-/m0/s1. The predicted molar refractivity (Wildman–Crippen MR) is 98.8 cm³/mol. The summed E-state index contributed by atoms with van der Waals surface area (Å²) < 4.78 is 10.6. The molecule has 1 aromatic heterocycles. The van der Waals surface area contributed by atoms with E-state index in [1.165, 1.54) is 0 Å². The van der Waals surface area contributed by atoms with Gasteiger partial charge in [0.2, 0.25) is 0 Å². The highest BCUT2D eigenvalue weighted by Gasteiger charge is 2.11. The molecule has 3 rings (SSSR count).